The molecule has 13 heavy (non-hydrogen) atoms. The molecule has 0 bridgehead atoms. The molecule has 0 spiro atoms. The first-order chi connectivity index (χ1) is 5.47. The second kappa shape index (κ2) is 6.46. The number of rotatable bonds is 1. The zero-order valence-corrected chi connectivity index (χ0v) is 11.0. The van der Waals surface area contributed by atoms with Crippen molar-refractivity contribution in [3.05, 3.63) is 12.7 Å². The third kappa shape index (κ3) is 3.33. The number of aromatic nitrogens is 3. The standard InChI is InChI=1S/C7H10N3O.ClH.Zn/c1-2-4-11-7(3-1)10-6-8-5-9-10;;/h5,7H,1-4H2;1H;/q-1;;+2/p-1. The largest absolute Gasteiger partial charge is 2.00 e. The summed E-state index contributed by atoms with van der Waals surface area (Å²) in [7, 11) is 0. The molecule has 6 heteroatoms. The first-order valence-corrected chi connectivity index (χ1v) is 3.85. The van der Waals surface area contributed by atoms with Crippen LogP contribution in [0.1, 0.15) is 25.5 Å². The SMILES string of the molecule is [Cl-].[Zn+2].[c-]1ncnn1C1CCCCO1. The van der Waals surface area contributed by atoms with Gasteiger partial charge in [-0.05, 0) is 31.9 Å². The number of halogens is 1. The molecule has 1 aliphatic heterocycles. The fourth-order valence-corrected chi connectivity index (χ4v) is 1.25. The molecule has 1 aromatic rings. The van der Waals surface area contributed by atoms with E-state index in [-0.39, 0.29) is 38.1 Å². The fourth-order valence-electron chi connectivity index (χ4n) is 1.25. The van der Waals surface area contributed by atoms with Gasteiger partial charge in [-0.3, -0.25) is 5.10 Å². The van der Waals surface area contributed by atoms with Gasteiger partial charge in [-0.1, -0.05) is 0 Å². The minimum absolute atomic E-state index is 0. The van der Waals surface area contributed by atoms with Gasteiger partial charge >= 0.3 is 19.5 Å². The number of ether oxygens (including phenoxy) is 1. The molecule has 68 valence electrons. The van der Waals surface area contributed by atoms with E-state index in [0.29, 0.717) is 0 Å². The van der Waals surface area contributed by atoms with Crippen molar-refractivity contribution >= 4 is 0 Å². The van der Waals surface area contributed by atoms with Crippen molar-refractivity contribution in [2.24, 2.45) is 0 Å². The van der Waals surface area contributed by atoms with E-state index in [4.69, 9.17) is 4.74 Å². The Labute approximate surface area is 96.2 Å². The third-order valence-electron chi connectivity index (χ3n) is 1.82. The van der Waals surface area contributed by atoms with Crippen LogP contribution in [0, 0.1) is 6.33 Å². The van der Waals surface area contributed by atoms with E-state index in [1.54, 1.807) is 4.68 Å². The summed E-state index contributed by atoms with van der Waals surface area (Å²) < 4.78 is 7.10. The average molecular weight is 253 g/mol. The average Bonchev–Trinajstić information content (AvgIpc) is 2.58. The quantitative estimate of drug-likeness (QED) is 0.420. The van der Waals surface area contributed by atoms with Crippen molar-refractivity contribution in [1.29, 1.82) is 0 Å². The van der Waals surface area contributed by atoms with Crippen molar-refractivity contribution in [3.63, 3.8) is 0 Å². The van der Waals surface area contributed by atoms with Crippen LogP contribution in [0.4, 0.5) is 0 Å². The monoisotopic (exact) mass is 251 g/mol. The summed E-state index contributed by atoms with van der Waals surface area (Å²) in [6, 6.07) is 0. The van der Waals surface area contributed by atoms with Crippen LogP contribution in [-0.4, -0.2) is 21.4 Å². The molecule has 1 saturated heterocycles. The number of hydrogen-bond acceptors (Lipinski definition) is 3. The molecule has 2 rings (SSSR count). The Hall–Kier alpha value is 0.0134. The van der Waals surface area contributed by atoms with Gasteiger partial charge in [0.2, 0.25) is 0 Å². The Bertz CT molecular complexity index is 214. The van der Waals surface area contributed by atoms with E-state index in [2.05, 4.69) is 16.4 Å². The summed E-state index contributed by atoms with van der Waals surface area (Å²) in [6.45, 7) is 0.832. The smallest absolute Gasteiger partial charge is 1.00 e. The molecule has 0 amide bonds. The Kier molecular flexibility index (Phi) is 6.47. The molecule has 1 aliphatic rings. The zero-order chi connectivity index (χ0) is 7.52. The summed E-state index contributed by atoms with van der Waals surface area (Å²) in [5, 5.41) is 3.96. The maximum atomic E-state index is 5.45. The minimum atomic E-state index is 0. The molecule has 1 unspecified atom stereocenters. The predicted octanol–water partition coefficient (Wildman–Crippen LogP) is -2.22. The zero-order valence-electron chi connectivity index (χ0n) is 7.32. The van der Waals surface area contributed by atoms with E-state index in [9.17, 15) is 0 Å². The van der Waals surface area contributed by atoms with Gasteiger partial charge in [-0.15, -0.1) is 0 Å². The summed E-state index contributed by atoms with van der Waals surface area (Å²) >= 11 is 0. The van der Waals surface area contributed by atoms with Crippen molar-refractivity contribution in [1.82, 2.24) is 14.8 Å². The van der Waals surface area contributed by atoms with Crippen LogP contribution < -0.4 is 12.4 Å². The number of nitrogens with zero attached hydrogens (tertiary/aromatic N) is 3. The maximum Gasteiger partial charge on any atom is 2.00 e. The van der Waals surface area contributed by atoms with E-state index in [1.807, 2.05) is 0 Å². The van der Waals surface area contributed by atoms with Crippen molar-refractivity contribution in [2.75, 3.05) is 6.61 Å². The van der Waals surface area contributed by atoms with Gasteiger partial charge < -0.3 is 26.8 Å². The molecule has 0 radical (unpaired) electrons. The molecule has 2 heterocycles. The molecule has 1 aromatic heterocycles. The number of hydrogen-bond donors (Lipinski definition) is 0. The van der Waals surface area contributed by atoms with Crippen LogP contribution in [0.25, 0.3) is 0 Å². The van der Waals surface area contributed by atoms with Gasteiger partial charge in [0.25, 0.3) is 0 Å². The first kappa shape index (κ1) is 13.0. The molecule has 0 N–H and O–H groups in total. The molecule has 1 fully saturated rings. The second-order valence-electron chi connectivity index (χ2n) is 2.63. The Balaban J connectivity index is 0.000000720. The van der Waals surface area contributed by atoms with E-state index < -0.39 is 0 Å². The van der Waals surface area contributed by atoms with Crippen molar-refractivity contribution < 1.29 is 36.6 Å². The third-order valence-corrected chi connectivity index (χ3v) is 1.82. The maximum absolute atomic E-state index is 5.45. The second-order valence-corrected chi connectivity index (χ2v) is 2.63. The normalized spacial score (nSPS) is 21.4. The van der Waals surface area contributed by atoms with Gasteiger partial charge in [-0.2, -0.15) is 0 Å². The van der Waals surface area contributed by atoms with Gasteiger partial charge in [0.1, 0.15) is 6.23 Å². The van der Waals surface area contributed by atoms with Crippen LogP contribution in [0.2, 0.25) is 0 Å². The van der Waals surface area contributed by atoms with E-state index in [1.165, 1.54) is 12.7 Å². The van der Waals surface area contributed by atoms with Gasteiger partial charge in [0.15, 0.2) is 0 Å². The topological polar surface area (TPSA) is 39.9 Å². The van der Waals surface area contributed by atoms with Gasteiger partial charge in [0.05, 0.1) is 0 Å². The summed E-state index contributed by atoms with van der Waals surface area (Å²) in [5.41, 5.74) is 0. The molecular formula is C7H10ClN3OZn. The van der Waals surface area contributed by atoms with E-state index in [0.717, 1.165) is 19.4 Å². The predicted molar refractivity (Wildman–Crippen MR) is 37.7 cm³/mol. The van der Waals surface area contributed by atoms with Crippen LogP contribution in [0.15, 0.2) is 6.33 Å². The van der Waals surface area contributed by atoms with Crippen LogP contribution >= 0.6 is 0 Å². The van der Waals surface area contributed by atoms with Crippen molar-refractivity contribution in [2.45, 2.75) is 25.5 Å². The van der Waals surface area contributed by atoms with Gasteiger partial charge in [-0.25, -0.2) is 0 Å². The molecule has 1 atom stereocenters. The molecule has 0 aliphatic carbocycles. The first-order valence-electron chi connectivity index (χ1n) is 3.85. The molecule has 0 aromatic carbocycles. The van der Waals surface area contributed by atoms with Crippen LogP contribution in [0.3, 0.4) is 0 Å². The van der Waals surface area contributed by atoms with Crippen LogP contribution in [-0.2, 0) is 24.2 Å². The molecular weight excluding hydrogens is 243 g/mol. The van der Waals surface area contributed by atoms with Crippen LogP contribution in [0.5, 0.6) is 0 Å². The fraction of sp³-hybridized carbons (Fsp3) is 0.714. The molecule has 4 nitrogen and oxygen atoms in total. The molecule has 0 saturated carbocycles. The Morgan fingerprint density at radius 3 is 2.85 bits per heavy atom. The summed E-state index contributed by atoms with van der Waals surface area (Å²) in [4.78, 5) is 3.74. The summed E-state index contributed by atoms with van der Waals surface area (Å²) in [5.74, 6) is 0. The Morgan fingerprint density at radius 1 is 1.46 bits per heavy atom. The summed E-state index contributed by atoms with van der Waals surface area (Å²) in [6.07, 6.45) is 7.69. The van der Waals surface area contributed by atoms with Crippen molar-refractivity contribution in [3.8, 4) is 0 Å². The van der Waals surface area contributed by atoms with Gasteiger partial charge in [0, 0.05) is 6.61 Å². The van der Waals surface area contributed by atoms with E-state index >= 15 is 0 Å². The minimum Gasteiger partial charge on any atom is -1.00 e. The Morgan fingerprint density at radius 2 is 2.31 bits per heavy atom.